The standard InChI is InChI=1S/C14H18N2O2S/c1-11-10-19-14(16(11)8-3-9-17)15-12-4-6-13(18-2)7-5-12/h4-7,10,17H,3,8-9H2,1-2H3. The van der Waals surface area contributed by atoms with Crippen LogP contribution in [0.3, 0.4) is 0 Å². The van der Waals surface area contributed by atoms with Crippen LogP contribution in [0, 0.1) is 6.92 Å². The molecule has 0 atom stereocenters. The Balaban J connectivity index is 2.31. The first-order valence-corrected chi connectivity index (χ1v) is 7.07. The second kappa shape index (κ2) is 6.54. The monoisotopic (exact) mass is 278 g/mol. The summed E-state index contributed by atoms with van der Waals surface area (Å²) >= 11 is 1.61. The Morgan fingerprint density at radius 1 is 1.32 bits per heavy atom. The van der Waals surface area contributed by atoms with Crippen molar-refractivity contribution in [1.82, 2.24) is 4.57 Å². The summed E-state index contributed by atoms with van der Waals surface area (Å²) in [6, 6.07) is 7.67. The van der Waals surface area contributed by atoms with Crippen LogP contribution >= 0.6 is 11.3 Å². The van der Waals surface area contributed by atoms with Crippen LogP contribution in [0.1, 0.15) is 12.1 Å². The molecule has 0 aliphatic carbocycles. The minimum Gasteiger partial charge on any atom is -0.497 e. The van der Waals surface area contributed by atoms with E-state index in [1.54, 1.807) is 18.4 Å². The minimum absolute atomic E-state index is 0.199. The van der Waals surface area contributed by atoms with Crippen LogP contribution in [-0.4, -0.2) is 23.4 Å². The molecule has 2 rings (SSSR count). The molecule has 0 aliphatic rings. The highest BCUT2D eigenvalue weighted by atomic mass is 32.1. The summed E-state index contributed by atoms with van der Waals surface area (Å²) in [6.45, 7) is 3.05. The topological polar surface area (TPSA) is 46.8 Å². The number of rotatable bonds is 5. The number of aromatic nitrogens is 1. The average Bonchev–Trinajstić information content (AvgIpc) is 2.78. The second-order valence-electron chi connectivity index (χ2n) is 4.20. The van der Waals surface area contributed by atoms with Crippen molar-refractivity contribution >= 4 is 17.0 Å². The number of hydrogen-bond donors (Lipinski definition) is 1. The summed E-state index contributed by atoms with van der Waals surface area (Å²) in [7, 11) is 1.65. The molecule has 2 aromatic rings. The van der Waals surface area contributed by atoms with Crippen molar-refractivity contribution in [3.8, 4) is 5.75 Å². The van der Waals surface area contributed by atoms with E-state index in [4.69, 9.17) is 9.84 Å². The molecule has 5 heteroatoms. The van der Waals surface area contributed by atoms with Gasteiger partial charge < -0.3 is 14.4 Å². The summed E-state index contributed by atoms with van der Waals surface area (Å²) < 4.78 is 7.26. The zero-order valence-corrected chi connectivity index (χ0v) is 12.0. The van der Waals surface area contributed by atoms with E-state index in [1.807, 2.05) is 24.3 Å². The van der Waals surface area contributed by atoms with Gasteiger partial charge in [0.15, 0.2) is 4.80 Å². The molecule has 0 aliphatic heterocycles. The molecule has 0 spiro atoms. The van der Waals surface area contributed by atoms with Crippen LogP contribution < -0.4 is 9.54 Å². The number of aliphatic hydroxyl groups is 1. The maximum Gasteiger partial charge on any atom is 0.190 e. The van der Waals surface area contributed by atoms with Crippen LogP contribution in [0.15, 0.2) is 34.6 Å². The fourth-order valence-electron chi connectivity index (χ4n) is 1.77. The molecule has 102 valence electrons. The van der Waals surface area contributed by atoms with Gasteiger partial charge in [0.2, 0.25) is 0 Å². The fourth-order valence-corrected chi connectivity index (χ4v) is 2.69. The lowest BCUT2D eigenvalue weighted by molar-refractivity contribution is 0.279. The molecule has 0 amide bonds. The molecule has 0 radical (unpaired) electrons. The normalized spacial score (nSPS) is 11.8. The van der Waals surface area contributed by atoms with Crippen molar-refractivity contribution in [1.29, 1.82) is 0 Å². The molecule has 4 nitrogen and oxygen atoms in total. The SMILES string of the molecule is COc1ccc(N=c2scc(C)n2CCCO)cc1. The number of methoxy groups -OCH3 is 1. The number of nitrogens with zero attached hydrogens (tertiary/aromatic N) is 2. The van der Waals surface area contributed by atoms with Crippen molar-refractivity contribution in [2.75, 3.05) is 13.7 Å². The van der Waals surface area contributed by atoms with E-state index >= 15 is 0 Å². The Kier molecular flexibility index (Phi) is 4.76. The highest BCUT2D eigenvalue weighted by molar-refractivity contribution is 7.07. The lowest BCUT2D eigenvalue weighted by atomic mass is 10.3. The Labute approximate surface area is 116 Å². The molecule has 1 aromatic carbocycles. The van der Waals surface area contributed by atoms with E-state index in [2.05, 4.69) is 21.9 Å². The van der Waals surface area contributed by atoms with Gasteiger partial charge in [0, 0.05) is 24.2 Å². The van der Waals surface area contributed by atoms with Gasteiger partial charge in [-0.15, -0.1) is 11.3 Å². The zero-order chi connectivity index (χ0) is 13.7. The van der Waals surface area contributed by atoms with Crippen molar-refractivity contribution in [2.45, 2.75) is 19.9 Å². The summed E-state index contributed by atoms with van der Waals surface area (Å²) in [4.78, 5) is 5.59. The molecule has 0 saturated carbocycles. The second-order valence-corrected chi connectivity index (χ2v) is 5.03. The number of hydrogen-bond acceptors (Lipinski definition) is 4. The molecule has 1 aromatic heterocycles. The van der Waals surface area contributed by atoms with Crippen molar-refractivity contribution in [2.24, 2.45) is 4.99 Å². The molecule has 1 N–H and O–H groups in total. The van der Waals surface area contributed by atoms with Gasteiger partial charge in [0.25, 0.3) is 0 Å². The third kappa shape index (κ3) is 3.45. The number of thiazole rings is 1. The van der Waals surface area contributed by atoms with Gasteiger partial charge in [-0.1, -0.05) is 0 Å². The van der Waals surface area contributed by atoms with Gasteiger partial charge in [-0.05, 0) is 37.6 Å². The maximum atomic E-state index is 8.94. The van der Waals surface area contributed by atoms with E-state index in [0.717, 1.165) is 29.2 Å². The molecule has 1 heterocycles. The van der Waals surface area contributed by atoms with E-state index in [1.165, 1.54) is 5.69 Å². The predicted molar refractivity (Wildman–Crippen MR) is 77.0 cm³/mol. The quantitative estimate of drug-likeness (QED) is 0.913. The number of aliphatic hydroxyl groups excluding tert-OH is 1. The van der Waals surface area contributed by atoms with Crippen LogP contribution in [0.5, 0.6) is 5.75 Å². The van der Waals surface area contributed by atoms with Crippen molar-refractivity contribution in [3.05, 3.63) is 40.1 Å². The summed E-state index contributed by atoms with van der Waals surface area (Å²) in [5.41, 5.74) is 2.08. The molecule has 0 fully saturated rings. The Bertz CT molecular complexity index is 584. The Morgan fingerprint density at radius 2 is 2.05 bits per heavy atom. The maximum absolute atomic E-state index is 8.94. The Hall–Kier alpha value is -1.59. The van der Waals surface area contributed by atoms with Gasteiger partial charge in [-0.25, -0.2) is 4.99 Å². The van der Waals surface area contributed by atoms with Gasteiger partial charge in [0.05, 0.1) is 12.8 Å². The third-order valence-electron chi connectivity index (χ3n) is 2.83. The highest BCUT2D eigenvalue weighted by Gasteiger charge is 2.01. The van der Waals surface area contributed by atoms with Crippen LogP contribution in [-0.2, 0) is 6.54 Å². The summed E-state index contributed by atoms with van der Waals surface area (Å²) in [5, 5.41) is 11.0. The average molecular weight is 278 g/mol. The van der Waals surface area contributed by atoms with Gasteiger partial charge >= 0.3 is 0 Å². The van der Waals surface area contributed by atoms with Gasteiger partial charge in [0.1, 0.15) is 5.75 Å². The summed E-state index contributed by atoms with van der Waals surface area (Å²) in [5.74, 6) is 0.828. The summed E-state index contributed by atoms with van der Waals surface area (Å²) in [6.07, 6.45) is 0.743. The Morgan fingerprint density at radius 3 is 2.68 bits per heavy atom. The third-order valence-corrected chi connectivity index (χ3v) is 3.81. The first-order valence-electron chi connectivity index (χ1n) is 6.19. The molecular formula is C14H18N2O2S. The lowest BCUT2D eigenvalue weighted by Gasteiger charge is -2.04. The van der Waals surface area contributed by atoms with Gasteiger partial charge in [-0.2, -0.15) is 0 Å². The molecule has 0 saturated heterocycles. The molecule has 0 bridgehead atoms. The van der Waals surface area contributed by atoms with Gasteiger partial charge in [-0.3, -0.25) is 0 Å². The predicted octanol–water partition coefficient (Wildman–Crippen LogP) is 2.48. The smallest absolute Gasteiger partial charge is 0.190 e. The first-order chi connectivity index (χ1) is 9.24. The lowest BCUT2D eigenvalue weighted by Crippen LogP contribution is -2.16. The van der Waals surface area contributed by atoms with E-state index in [9.17, 15) is 0 Å². The van der Waals surface area contributed by atoms with Crippen LogP contribution in [0.2, 0.25) is 0 Å². The number of ether oxygens (including phenoxy) is 1. The van der Waals surface area contributed by atoms with Crippen LogP contribution in [0.4, 0.5) is 5.69 Å². The van der Waals surface area contributed by atoms with Crippen molar-refractivity contribution in [3.63, 3.8) is 0 Å². The minimum atomic E-state index is 0.199. The number of benzene rings is 1. The van der Waals surface area contributed by atoms with E-state index in [0.29, 0.717) is 0 Å². The molecule has 19 heavy (non-hydrogen) atoms. The van der Waals surface area contributed by atoms with E-state index < -0.39 is 0 Å². The zero-order valence-electron chi connectivity index (χ0n) is 11.2. The number of aryl methyl sites for hydroxylation is 1. The van der Waals surface area contributed by atoms with Crippen LogP contribution in [0.25, 0.3) is 0 Å². The molecular weight excluding hydrogens is 260 g/mol. The van der Waals surface area contributed by atoms with Crippen molar-refractivity contribution < 1.29 is 9.84 Å². The highest BCUT2D eigenvalue weighted by Crippen LogP contribution is 2.17. The largest absolute Gasteiger partial charge is 0.497 e. The molecule has 0 unspecified atom stereocenters. The van der Waals surface area contributed by atoms with E-state index in [-0.39, 0.29) is 6.61 Å². The fraction of sp³-hybridized carbons (Fsp3) is 0.357. The first kappa shape index (κ1) is 13.8.